The summed E-state index contributed by atoms with van der Waals surface area (Å²) in [6.45, 7) is 10.2. The molecule has 0 atom stereocenters. The van der Waals surface area contributed by atoms with Crippen LogP contribution < -0.4 is 9.62 Å². The highest BCUT2D eigenvalue weighted by Gasteiger charge is 2.23. The van der Waals surface area contributed by atoms with E-state index >= 15 is 0 Å². The number of anilines is 2. The molecule has 0 bridgehead atoms. The number of hydrogen-bond acceptors (Lipinski definition) is 5. The van der Waals surface area contributed by atoms with Crippen LogP contribution in [0.3, 0.4) is 0 Å². The average molecular weight is 432 g/mol. The number of carboxylic acid groups (broad SMARTS) is 1. The monoisotopic (exact) mass is 431 g/mol. The summed E-state index contributed by atoms with van der Waals surface area (Å²) in [4.78, 5) is 16.5. The molecular weight excluding hydrogens is 402 g/mol. The Morgan fingerprint density at radius 2 is 1.73 bits per heavy atom. The molecular formula is C22H29N3O4S. The SMILES string of the molecule is CCCN1CCN(c2ccc(NS(=O)(=O)c3ccc(C)c(C)c3)cc2C(=O)O)CC1. The second-order valence-electron chi connectivity index (χ2n) is 7.72. The maximum Gasteiger partial charge on any atom is 0.337 e. The molecule has 30 heavy (non-hydrogen) atoms. The minimum Gasteiger partial charge on any atom is -0.478 e. The van der Waals surface area contributed by atoms with Gasteiger partial charge >= 0.3 is 5.97 Å². The summed E-state index contributed by atoms with van der Waals surface area (Å²) in [5.41, 5.74) is 2.83. The van der Waals surface area contributed by atoms with Gasteiger partial charge in [0.25, 0.3) is 10.0 Å². The van der Waals surface area contributed by atoms with Gasteiger partial charge in [-0.2, -0.15) is 0 Å². The van der Waals surface area contributed by atoms with Crippen molar-refractivity contribution in [2.45, 2.75) is 32.1 Å². The van der Waals surface area contributed by atoms with Crippen molar-refractivity contribution < 1.29 is 18.3 Å². The first kappa shape index (κ1) is 22.1. The van der Waals surface area contributed by atoms with Gasteiger partial charge in [0.05, 0.1) is 16.1 Å². The lowest BCUT2D eigenvalue weighted by Crippen LogP contribution is -2.47. The molecule has 2 aromatic carbocycles. The topological polar surface area (TPSA) is 90.0 Å². The van der Waals surface area contributed by atoms with Crippen LogP contribution in [0.1, 0.15) is 34.8 Å². The van der Waals surface area contributed by atoms with Crippen LogP contribution in [-0.2, 0) is 10.0 Å². The predicted octanol–water partition coefficient (Wildman–Crippen LogP) is 3.33. The normalized spacial score (nSPS) is 15.2. The van der Waals surface area contributed by atoms with E-state index in [2.05, 4.69) is 21.4 Å². The van der Waals surface area contributed by atoms with Gasteiger partial charge in [0.15, 0.2) is 0 Å². The number of nitrogens with one attached hydrogen (secondary N) is 1. The summed E-state index contributed by atoms with van der Waals surface area (Å²) >= 11 is 0. The van der Waals surface area contributed by atoms with Crippen LogP contribution in [0, 0.1) is 13.8 Å². The zero-order valence-electron chi connectivity index (χ0n) is 17.7. The van der Waals surface area contributed by atoms with Crippen molar-refractivity contribution in [1.82, 2.24) is 4.90 Å². The van der Waals surface area contributed by atoms with E-state index < -0.39 is 16.0 Å². The number of carboxylic acids is 1. The highest BCUT2D eigenvalue weighted by Crippen LogP contribution is 2.27. The predicted molar refractivity (Wildman–Crippen MR) is 119 cm³/mol. The number of nitrogens with zero attached hydrogens (tertiary/aromatic N) is 2. The molecule has 0 aliphatic carbocycles. The van der Waals surface area contributed by atoms with Gasteiger partial charge in [0.1, 0.15) is 0 Å². The van der Waals surface area contributed by atoms with Crippen LogP contribution in [0.25, 0.3) is 0 Å². The minimum atomic E-state index is -3.81. The molecule has 1 saturated heterocycles. The molecule has 0 unspecified atom stereocenters. The minimum absolute atomic E-state index is 0.0965. The van der Waals surface area contributed by atoms with E-state index in [1.807, 2.05) is 13.8 Å². The third kappa shape index (κ3) is 4.94. The molecule has 0 radical (unpaired) electrons. The fraction of sp³-hybridized carbons (Fsp3) is 0.409. The van der Waals surface area contributed by atoms with Crippen molar-refractivity contribution in [3.63, 3.8) is 0 Å². The van der Waals surface area contributed by atoms with E-state index in [0.29, 0.717) is 5.69 Å². The maximum atomic E-state index is 12.8. The molecule has 0 aromatic heterocycles. The second kappa shape index (κ2) is 9.06. The van der Waals surface area contributed by atoms with E-state index in [4.69, 9.17) is 0 Å². The lowest BCUT2D eigenvalue weighted by Gasteiger charge is -2.36. The Morgan fingerprint density at radius 1 is 1.03 bits per heavy atom. The second-order valence-corrected chi connectivity index (χ2v) is 9.40. The van der Waals surface area contributed by atoms with Gasteiger partial charge in [-0.25, -0.2) is 13.2 Å². The molecule has 162 valence electrons. The Balaban J connectivity index is 1.83. The number of piperazine rings is 1. The van der Waals surface area contributed by atoms with Gasteiger partial charge in [-0.3, -0.25) is 9.62 Å². The van der Waals surface area contributed by atoms with Crippen LogP contribution in [0.5, 0.6) is 0 Å². The third-order valence-corrected chi connectivity index (χ3v) is 6.90. The first-order valence-electron chi connectivity index (χ1n) is 10.2. The Bertz CT molecular complexity index is 1030. The van der Waals surface area contributed by atoms with Gasteiger partial charge in [-0.05, 0) is 68.3 Å². The van der Waals surface area contributed by atoms with Gasteiger partial charge in [0.2, 0.25) is 0 Å². The number of aromatic carboxylic acids is 1. The van der Waals surface area contributed by atoms with Gasteiger partial charge in [0, 0.05) is 31.9 Å². The smallest absolute Gasteiger partial charge is 0.337 e. The highest BCUT2D eigenvalue weighted by atomic mass is 32.2. The number of rotatable bonds is 7. The molecule has 0 saturated carbocycles. The zero-order valence-corrected chi connectivity index (χ0v) is 18.5. The standard InChI is InChI=1S/C22H29N3O4S/c1-4-9-24-10-12-25(13-11-24)21-8-6-18(15-20(21)22(26)27)23-30(28,29)19-7-5-16(2)17(3)14-19/h5-8,14-15,23H,4,9-13H2,1-3H3,(H,26,27). The quantitative estimate of drug-likeness (QED) is 0.699. The fourth-order valence-electron chi connectivity index (χ4n) is 3.67. The van der Waals surface area contributed by atoms with Crippen molar-refractivity contribution in [2.75, 3.05) is 42.3 Å². The molecule has 1 aliphatic rings. The maximum absolute atomic E-state index is 12.8. The van der Waals surface area contributed by atoms with Crippen molar-refractivity contribution in [3.8, 4) is 0 Å². The van der Waals surface area contributed by atoms with E-state index in [9.17, 15) is 18.3 Å². The first-order chi connectivity index (χ1) is 14.2. The van der Waals surface area contributed by atoms with E-state index in [1.54, 1.807) is 30.3 Å². The van der Waals surface area contributed by atoms with Gasteiger partial charge < -0.3 is 10.0 Å². The lowest BCUT2D eigenvalue weighted by atomic mass is 10.1. The third-order valence-electron chi connectivity index (χ3n) is 5.52. The van der Waals surface area contributed by atoms with Crippen molar-refractivity contribution in [3.05, 3.63) is 53.1 Å². The Kier molecular flexibility index (Phi) is 6.67. The van der Waals surface area contributed by atoms with Gasteiger partial charge in [-0.15, -0.1) is 0 Å². The van der Waals surface area contributed by atoms with Crippen LogP contribution in [-0.4, -0.2) is 57.1 Å². The Hall–Kier alpha value is -2.58. The number of hydrogen-bond donors (Lipinski definition) is 2. The van der Waals surface area contributed by atoms with Gasteiger partial charge in [-0.1, -0.05) is 13.0 Å². The molecule has 7 nitrogen and oxygen atoms in total. The highest BCUT2D eigenvalue weighted by molar-refractivity contribution is 7.92. The summed E-state index contributed by atoms with van der Waals surface area (Å²) in [5.74, 6) is -1.08. The first-order valence-corrected chi connectivity index (χ1v) is 11.6. The summed E-state index contributed by atoms with van der Waals surface area (Å²) in [6.07, 6.45) is 1.09. The Morgan fingerprint density at radius 3 is 2.33 bits per heavy atom. The summed E-state index contributed by atoms with van der Waals surface area (Å²) in [6, 6.07) is 9.63. The van der Waals surface area contributed by atoms with E-state index in [-0.39, 0.29) is 16.1 Å². The molecule has 8 heteroatoms. The average Bonchev–Trinajstić information content (AvgIpc) is 2.70. The molecule has 1 fully saturated rings. The number of sulfonamides is 1. The summed E-state index contributed by atoms with van der Waals surface area (Å²) in [7, 11) is -3.81. The van der Waals surface area contributed by atoms with E-state index in [0.717, 1.165) is 50.3 Å². The number of aryl methyl sites for hydroxylation is 2. The van der Waals surface area contributed by atoms with Crippen LogP contribution in [0.15, 0.2) is 41.3 Å². The number of benzene rings is 2. The zero-order chi connectivity index (χ0) is 21.9. The molecule has 0 spiro atoms. The van der Waals surface area contributed by atoms with E-state index in [1.165, 1.54) is 6.07 Å². The largest absolute Gasteiger partial charge is 0.478 e. The Labute approximate surface area is 178 Å². The molecule has 3 rings (SSSR count). The van der Waals surface area contributed by atoms with Crippen LogP contribution >= 0.6 is 0 Å². The van der Waals surface area contributed by atoms with Crippen LogP contribution in [0.4, 0.5) is 11.4 Å². The van der Waals surface area contributed by atoms with Crippen molar-refractivity contribution in [1.29, 1.82) is 0 Å². The van der Waals surface area contributed by atoms with Crippen LogP contribution in [0.2, 0.25) is 0 Å². The molecule has 2 N–H and O–H groups in total. The summed E-state index contributed by atoms with van der Waals surface area (Å²) < 4.78 is 28.0. The summed E-state index contributed by atoms with van der Waals surface area (Å²) in [5, 5.41) is 9.72. The lowest BCUT2D eigenvalue weighted by molar-refractivity contribution is 0.0697. The molecule has 1 heterocycles. The van der Waals surface area contributed by atoms with Crippen molar-refractivity contribution in [2.24, 2.45) is 0 Å². The van der Waals surface area contributed by atoms with Crippen molar-refractivity contribution >= 4 is 27.4 Å². The number of carbonyl (C=O) groups is 1. The molecule has 2 aromatic rings. The molecule has 0 amide bonds. The molecule has 1 aliphatic heterocycles. The fourth-order valence-corrected chi connectivity index (χ4v) is 4.80.